The van der Waals surface area contributed by atoms with Gasteiger partial charge in [0.1, 0.15) is 0 Å². The van der Waals surface area contributed by atoms with E-state index in [1.54, 1.807) is 0 Å². The number of benzene rings is 1. The number of aliphatic hydroxyl groups is 1. The standard InChI is InChI=1S/C17H27NO2/c1-4-18(11-16-6-5-7-20-16)12-17(19)15-9-13(2)8-14(3)10-15/h8-10,16-17,19H,4-7,11-12H2,1-3H3. The van der Waals surface area contributed by atoms with Crippen LogP contribution in [-0.2, 0) is 4.74 Å². The van der Waals surface area contributed by atoms with E-state index in [1.807, 2.05) is 0 Å². The van der Waals surface area contributed by atoms with Crippen LogP contribution in [0.5, 0.6) is 0 Å². The van der Waals surface area contributed by atoms with E-state index in [-0.39, 0.29) is 0 Å². The summed E-state index contributed by atoms with van der Waals surface area (Å²) in [6.45, 7) is 9.74. The van der Waals surface area contributed by atoms with Crippen molar-refractivity contribution >= 4 is 0 Å². The molecule has 0 saturated carbocycles. The molecular weight excluding hydrogens is 250 g/mol. The van der Waals surface area contributed by atoms with Gasteiger partial charge in [0.2, 0.25) is 0 Å². The number of aryl methyl sites for hydroxylation is 2. The molecule has 20 heavy (non-hydrogen) atoms. The van der Waals surface area contributed by atoms with Crippen molar-refractivity contribution in [1.29, 1.82) is 0 Å². The van der Waals surface area contributed by atoms with E-state index < -0.39 is 6.10 Å². The maximum atomic E-state index is 10.5. The third-order valence-corrected chi connectivity index (χ3v) is 3.99. The van der Waals surface area contributed by atoms with Gasteiger partial charge in [-0.3, -0.25) is 4.90 Å². The highest BCUT2D eigenvalue weighted by atomic mass is 16.5. The second-order valence-corrected chi connectivity index (χ2v) is 5.92. The molecule has 1 aromatic rings. The highest BCUT2D eigenvalue weighted by Gasteiger charge is 2.20. The zero-order valence-electron chi connectivity index (χ0n) is 12.9. The number of hydrogen-bond donors (Lipinski definition) is 1. The van der Waals surface area contributed by atoms with E-state index in [9.17, 15) is 5.11 Å². The number of rotatable bonds is 6. The molecule has 1 N–H and O–H groups in total. The number of aliphatic hydroxyl groups excluding tert-OH is 1. The molecule has 3 heteroatoms. The molecule has 0 spiro atoms. The van der Waals surface area contributed by atoms with Crippen molar-refractivity contribution in [2.45, 2.75) is 45.8 Å². The molecule has 2 atom stereocenters. The van der Waals surface area contributed by atoms with Crippen LogP contribution < -0.4 is 0 Å². The minimum absolute atomic E-state index is 0.349. The van der Waals surface area contributed by atoms with Gasteiger partial charge in [0.15, 0.2) is 0 Å². The van der Waals surface area contributed by atoms with Crippen LogP contribution in [-0.4, -0.2) is 42.4 Å². The summed E-state index contributed by atoms with van der Waals surface area (Å²) >= 11 is 0. The number of nitrogens with zero attached hydrogens (tertiary/aromatic N) is 1. The Labute approximate surface area is 122 Å². The van der Waals surface area contributed by atoms with Gasteiger partial charge in [0, 0.05) is 19.7 Å². The van der Waals surface area contributed by atoms with Crippen molar-refractivity contribution in [3.63, 3.8) is 0 Å². The molecule has 0 bridgehead atoms. The van der Waals surface area contributed by atoms with Crippen LogP contribution in [0, 0.1) is 13.8 Å². The topological polar surface area (TPSA) is 32.7 Å². The highest BCUT2D eigenvalue weighted by molar-refractivity contribution is 5.30. The Kier molecular flexibility index (Phi) is 5.58. The third kappa shape index (κ3) is 4.30. The summed E-state index contributed by atoms with van der Waals surface area (Å²) in [6.07, 6.45) is 2.24. The first kappa shape index (κ1) is 15.5. The second-order valence-electron chi connectivity index (χ2n) is 5.92. The zero-order chi connectivity index (χ0) is 14.5. The molecule has 1 saturated heterocycles. The molecule has 2 rings (SSSR count). The molecule has 112 valence electrons. The fraction of sp³-hybridized carbons (Fsp3) is 0.647. The average molecular weight is 277 g/mol. The molecule has 1 aliphatic rings. The van der Waals surface area contributed by atoms with Gasteiger partial charge in [-0.2, -0.15) is 0 Å². The molecule has 0 aromatic heterocycles. The van der Waals surface area contributed by atoms with Crippen LogP contribution in [0.25, 0.3) is 0 Å². The maximum Gasteiger partial charge on any atom is 0.0917 e. The van der Waals surface area contributed by atoms with Gasteiger partial charge in [0.25, 0.3) is 0 Å². The molecule has 1 aliphatic heterocycles. The van der Waals surface area contributed by atoms with Crippen molar-refractivity contribution in [3.05, 3.63) is 34.9 Å². The Hall–Kier alpha value is -0.900. The monoisotopic (exact) mass is 277 g/mol. The molecule has 1 heterocycles. The SMILES string of the molecule is CCN(CC1CCCO1)CC(O)c1cc(C)cc(C)c1. The minimum Gasteiger partial charge on any atom is -0.387 e. The smallest absolute Gasteiger partial charge is 0.0917 e. The summed E-state index contributed by atoms with van der Waals surface area (Å²) in [5, 5.41) is 10.5. The third-order valence-electron chi connectivity index (χ3n) is 3.99. The molecule has 0 aliphatic carbocycles. The lowest BCUT2D eigenvalue weighted by Crippen LogP contribution is -2.35. The first-order chi connectivity index (χ1) is 9.58. The van der Waals surface area contributed by atoms with Crippen LogP contribution in [0.2, 0.25) is 0 Å². The molecule has 1 fully saturated rings. The Morgan fingerprint density at radius 1 is 1.30 bits per heavy atom. The van der Waals surface area contributed by atoms with Gasteiger partial charge < -0.3 is 9.84 Å². The number of likely N-dealkylation sites (N-methyl/N-ethyl adjacent to an activating group) is 1. The van der Waals surface area contributed by atoms with Gasteiger partial charge in [-0.05, 0) is 38.8 Å². The summed E-state index contributed by atoms with van der Waals surface area (Å²) in [5.41, 5.74) is 3.44. The fourth-order valence-electron chi connectivity index (χ4n) is 2.96. The van der Waals surface area contributed by atoms with Crippen LogP contribution in [0.3, 0.4) is 0 Å². The summed E-state index contributed by atoms with van der Waals surface area (Å²) in [7, 11) is 0. The molecular formula is C17H27NO2. The lowest BCUT2D eigenvalue weighted by molar-refractivity contribution is 0.0516. The van der Waals surface area contributed by atoms with Crippen LogP contribution >= 0.6 is 0 Å². The van der Waals surface area contributed by atoms with E-state index in [0.717, 1.165) is 31.7 Å². The Bertz CT molecular complexity index is 407. The highest BCUT2D eigenvalue weighted by Crippen LogP contribution is 2.19. The summed E-state index contributed by atoms with van der Waals surface area (Å²) in [6, 6.07) is 6.30. The van der Waals surface area contributed by atoms with E-state index in [2.05, 4.69) is 43.9 Å². The first-order valence-electron chi connectivity index (χ1n) is 7.68. The summed E-state index contributed by atoms with van der Waals surface area (Å²) in [4.78, 5) is 2.29. The van der Waals surface area contributed by atoms with Gasteiger partial charge in [-0.1, -0.05) is 36.2 Å². The fourth-order valence-corrected chi connectivity index (χ4v) is 2.96. The van der Waals surface area contributed by atoms with E-state index in [1.165, 1.54) is 17.5 Å². The van der Waals surface area contributed by atoms with E-state index in [0.29, 0.717) is 12.6 Å². The first-order valence-corrected chi connectivity index (χ1v) is 7.68. The predicted octanol–water partition coefficient (Wildman–Crippen LogP) is 2.84. The van der Waals surface area contributed by atoms with E-state index in [4.69, 9.17) is 4.74 Å². The van der Waals surface area contributed by atoms with E-state index >= 15 is 0 Å². The van der Waals surface area contributed by atoms with Crippen LogP contribution in [0.4, 0.5) is 0 Å². The molecule has 1 aromatic carbocycles. The minimum atomic E-state index is -0.421. The van der Waals surface area contributed by atoms with Crippen molar-refractivity contribution in [2.75, 3.05) is 26.2 Å². The van der Waals surface area contributed by atoms with Crippen molar-refractivity contribution < 1.29 is 9.84 Å². The van der Waals surface area contributed by atoms with Gasteiger partial charge >= 0.3 is 0 Å². The van der Waals surface area contributed by atoms with Crippen LogP contribution in [0.1, 0.15) is 42.6 Å². The van der Waals surface area contributed by atoms with Gasteiger partial charge in [-0.15, -0.1) is 0 Å². The Morgan fingerprint density at radius 2 is 2.00 bits per heavy atom. The lowest BCUT2D eigenvalue weighted by atomic mass is 10.0. The average Bonchev–Trinajstić information content (AvgIpc) is 2.89. The maximum absolute atomic E-state index is 10.5. The van der Waals surface area contributed by atoms with Crippen molar-refractivity contribution in [1.82, 2.24) is 4.90 Å². The largest absolute Gasteiger partial charge is 0.387 e. The van der Waals surface area contributed by atoms with Gasteiger partial charge in [-0.25, -0.2) is 0 Å². The molecule has 0 amide bonds. The Morgan fingerprint density at radius 3 is 2.55 bits per heavy atom. The second kappa shape index (κ2) is 7.21. The Balaban J connectivity index is 1.95. The molecule has 0 radical (unpaired) electrons. The normalized spacial score (nSPS) is 20.6. The zero-order valence-corrected chi connectivity index (χ0v) is 12.9. The van der Waals surface area contributed by atoms with Crippen molar-refractivity contribution in [3.8, 4) is 0 Å². The number of hydrogen-bond acceptors (Lipinski definition) is 3. The molecule has 2 unspecified atom stereocenters. The molecule has 3 nitrogen and oxygen atoms in total. The summed E-state index contributed by atoms with van der Waals surface area (Å²) < 4.78 is 5.69. The summed E-state index contributed by atoms with van der Waals surface area (Å²) in [5.74, 6) is 0. The lowest BCUT2D eigenvalue weighted by Gasteiger charge is -2.26. The van der Waals surface area contributed by atoms with Crippen molar-refractivity contribution in [2.24, 2.45) is 0 Å². The van der Waals surface area contributed by atoms with Crippen LogP contribution in [0.15, 0.2) is 18.2 Å². The number of ether oxygens (including phenoxy) is 1. The van der Waals surface area contributed by atoms with Gasteiger partial charge in [0.05, 0.1) is 12.2 Å². The predicted molar refractivity (Wildman–Crippen MR) is 82.0 cm³/mol. The quantitative estimate of drug-likeness (QED) is 0.868.